The minimum Gasteiger partial charge on any atom is -0.474 e. The third kappa shape index (κ3) is 4.77. The van der Waals surface area contributed by atoms with Crippen LogP contribution in [0.15, 0.2) is 42.6 Å². The van der Waals surface area contributed by atoms with Gasteiger partial charge in [-0.15, -0.1) is 0 Å². The predicted octanol–water partition coefficient (Wildman–Crippen LogP) is 3.12. The van der Waals surface area contributed by atoms with Gasteiger partial charge in [0, 0.05) is 62.9 Å². The topological polar surface area (TPSA) is 62.7 Å². The Morgan fingerprint density at radius 1 is 1.07 bits per heavy atom. The third-order valence-corrected chi connectivity index (χ3v) is 4.75. The number of amides is 2. The molecule has 0 bridgehead atoms. The van der Waals surface area contributed by atoms with Crippen molar-refractivity contribution in [1.29, 1.82) is 0 Å². The first-order chi connectivity index (χ1) is 12.9. The predicted molar refractivity (Wildman–Crippen MR) is 103 cm³/mol. The van der Waals surface area contributed by atoms with Crippen molar-refractivity contribution in [2.75, 3.05) is 27.2 Å². The van der Waals surface area contributed by atoms with Crippen LogP contribution < -0.4 is 4.74 Å². The average Bonchev–Trinajstić information content (AvgIpc) is 2.68. The van der Waals surface area contributed by atoms with E-state index in [9.17, 15) is 9.59 Å². The lowest BCUT2D eigenvalue weighted by Gasteiger charge is -2.32. The Morgan fingerprint density at radius 2 is 1.70 bits per heavy atom. The minimum absolute atomic E-state index is 0.00201. The number of pyridine rings is 1. The van der Waals surface area contributed by atoms with Gasteiger partial charge in [0.15, 0.2) is 0 Å². The highest BCUT2D eigenvalue weighted by atomic mass is 35.5. The maximum atomic E-state index is 12.5. The van der Waals surface area contributed by atoms with Crippen molar-refractivity contribution in [3.05, 3.63) is 58.7 Å². The molecule has 2 aromatic rings. The normalized spacial score (nSPS) is 14.7. The van der Waals surface area contributed by atoms with Gasteiger partial charge in [0.05, 0.1) is 5.56 Å². The molecule has 27 heavy (non-hydrogen) atoms. The Bertz CT molecular complexity index is 798. The Balaban J connectivity index is 1.53. The monoisotopic (exact) mass is 387 g/mol. The highest BCUT2D eigenvalue weighted by Crippen LogP contribution is 2.20. The van der Waals surface area contributed by atoms with Crippen molar-refractivity contribution >= 4 is 23.4 Å². The molecule has 1 aromatic heterocycles. The van der Waals surface area contributed by atoms with Crippen LogP contribution in [-0.4, -0.2) is 59.9 Å². The number of likely N-dealkylation sites (tertiary alicyclic amines) is 1. The highest BCUT2D eigenvalue weighted by molar-refractivity contribution is 6.30. The number of rotatable bonds is 4. The number of carbonyl (C=O) groups excluding carboxylic acids is 2. The van der Waals surface area contributed by atoms with Gasteiger partial charge in [0.2, 0.25) is 5.88 Å². The first-order valence-electron chi connectivity index (χ1n) is 8.83. The second-order valence-corrected chi connectivity index (χ2v) is 7.14. The lowest BCUT2D eigenvalue weighted by Crippen LogP contribution is -2.41. The fourth-order valence-electron chi connectivity index (χ4n) is 2.96. The summed E-state index contributed by atoms with van der Waals surface area (Å²) in [6, 6.07) is 10.4. The Morgan fingerprint density at radius 3 is 2.26 bits per heavy atom. The van der Waals surface area contributed by atoms with Gasteiger partial charge >= 0.3 is 0 Å². The number of aromatic nitrogens is 1. The van der Waals surface area contributed by atoms with E-state index in [-0.39, 0.29) is 17.9 Å². The van der Waals surface area contributed by atoms with E-state index in [0.29, 0.717) is 35.1 Å². The zero-order valence-corrected chi connectivity index (χ0v) is 16.1. The number of ether oxygens (including phenoxy) is 1. The van der Waals surface area contributed by atoms with E-state index in [0.717, 1.165) is 12.8 Å². The zero-order valence-electron chi connectivity index (χ0n) is 15.4. The van der Waals surface area contributed by atoms with Crippen molar-refractivity contribution in [3.63, 3.8) is 0 Å². The maximum Gasteiger partial charge on any atom is 0.254 e. The van der Waals surface area contributed by atoms with Crippen LogP contribution >= 0.6 is 11.6 Å². The summed E-state index contributed by atoms with van der Waals surface area (Å²) in [6.45, 7) is 1.26. The van der Waals surface area contributed by atoms with E-state index in [4.69, 9.17) is 16.3 Å². The summed E-state index contributed by atoms with van der Waals surface area (Å²) in [7, 11) is 3.40. The molecule has 1 saturated heterocycles. The van der Waals surface area contributed by atoms with Crippen molar-refractivity contribution in [1.82, 2.24) is 14.8 Å². The minimum atomic E-state index is -0.0944. The molecule has 0 atom stereocenters. The number of nitrogens with zero attached hydrogens (tertiary/aromatic N) is 3. The van der Waals surface area contributed by atoms with Gasteiger partial charge in [-0.25, -0.2) is 4.98 Å². The van der Waals surface area contributed by atoms with Gasteiger partial charge < -0.3 is 14.5 Å². The van der Waals surface area contributed by atoms with E-state index < -0.39 is 0 Å². The molecule has 0 unspecified atom stereocenters. The molecule has 0 spiro atoms. The van der Waals surface area contributed by atoms with Crippen LogP contribution in [0.1, 0.15) is 33.6 Å². The fourth-order valence-corrected chi connectivity index (χ4v) is 3.08. The van der Waals surface area contributed by atoms with Gasteiger partial charge in [-0.05, 0) is 30.3 Å². The number of carbonyl (C=O) groups is 2. The summed E-state index contributed by atoms with van der Waals surface area (Å²) in [5, 5.41) is 0.615. The second-order valence-electron chi connectivity index (χ2n) is 6.70. The van der Waals surface area contributed by atoms with Crippen LogP contribution in [0.4, 0.5) is 0 Å². The Hall–Kier alpha value is -2.60. The molecule has 1 aromatic carbocycles. The molecule has 6 nitrogen and oxygen atoms in total. The molecule has 0 aliphatic carbocycles. The van der Waals surface area contributed by atoms with Crippen LogP contribution in [0, 0.1) is 0 Å². The number of piperidine rings is 1. The molecule has 3 rings (SSSR count). The molecule has 0 N–H and O–H groups in total. The van der Waals surface area contributed by atoms with E-state index in [1.807, 2.05) is 4.90 Å². The molecule has 1 fully saturated rings. The van der Waals surface area contributed by atoms with E-state index in [1.165, 1.54) is 11.1 Å². The van der Waals surface area contributed by atoms with Crippen molar-refractivity contribution in [3.8, 4) is 5.88 Å². The molecule has 1 aliphatic rings. The molecule has 0 radical (unpaired) electrons. The number of benzene rings is 1. The molecule has 2 heterocycles. The average molecular weight is 388 g/mol. The number of halogens is 1. The van der Waals surface area contributed by atoms with Gasteiger partial charge in [-0.2, -0.15) is 0 Å². The summed E-state index contributed by atoms with van der Waals surface area (Å²) in [5.41, 5.74) is 1.16. The van der Waals surface area contributed by atoms with E-state index in [2.05, 4.69) is 4.98 Å². The van der Waals surface area contributed by atoms with Gasteiger partial charge in [0.1, 0.15) is 6.10 Å². The summed E-state index contributed by atoms with van der Waals surface area (Å²) < 4.78 is 5.91. The molecule has 142 valence electrons. The summed E-state index contributed by atoms with van der Waals surface area (Å²) in [5.74, 6) is 0.408. The SMILES string of the molecule is CN(C)C(=O)c1ccc(OC2CCN(C(=O)c3ccc(Cl)cc3)CC2)nc1. The van der Waals surface area contributed by atoms with Crippen molar-refractivity contribution in [2.45, 2.75) is 18.9 Å². The molecular formula is C20H22ClN3O3. The molecule has 1 aliphatic heterocycles. The Labute approximate surface area is 163 Å². The standard InChI is InChI=1S/C20H22ClN3O3/c1-23(2)19(25)15-5-8-18(22-13-15)27-17-9-11-24(12-10-17)20(26)14-3-6-16(21)7-4-14/h3-8,13,17H,9-12H2,1-2H3. The van der Waals surface area contributed by atoms with Crippen LogP contribution in [-0.2, 0) is 0 Å². The number of hydrogen-bond acceptors (Lipinski definition) is 4. The van der Waals surface area contributed by atoms with Crippen LogP contribution in [0.25, 0.3) is 0 Å². The lowest BCUT2D eigenvalue weighted by atomic mass is 10.1. The van der Waals surface area contributed by atoms with Crippen LogP contribution in [0.3, 0.4) is 0 Å². The van der Waals surface area contributed by atoms with Gasteiger partial charge in [-0.3, -0.25) is 9.59 Å². The van der Waals surface area contributed by atoms with Gasteiger partial charge in [-0.1, -0.05) is 11.6 Å². The lowest BCUT2D eigenvalue weighted by molar-refractivity contribution is 0.0588. The zero-order chi connectivity index (χ0) is 19.4. The first kappa shape index (κ1) is 19.2. The molecule has 7 heteroatoms. The second kappa shape index (κ2) is 8.39. The van der Waals surface area contributed by atoms with Crippen molar-refractivity contribution < 1.29 is 14.3 Å². The fraction of sp³-hybridized carbons (Fsp3) is 0.350. The van der Waals surface area contributed by atoms with E-state index >= 15 is 0 Å². The summed E-state index contributed by atoms with van der Waals surface area (Å²) in [6.07, 6.45) is 3.00. The van der Waals surface area contributed by atoms with Gasteiger partial charge in [0.25, 0.3) is 11.8 Å². The Kier molecular flexibility index (Phi) is 5.96. The molecular weight excluding hydrogens is 366 g/mol. The van der Waals surface area contributed by atoms with Crippen LogP contribution in [0.5, 0.6) is 5.88 Å². The maximum absolute atomic E-state index is 12.5. The molecule has 0 saturated carbocycles. The van der Waals surface area contributed by atoms with Crippen LogP contribution in [0.2, 0.25) is 5.02 Å². The summed E-state index contributed by atoms with van der Waals surface area (Å²) in [4.78, 5) is 32.0. The van der Waals surface area contributed by atoms with E-state index in [1.54, 1.807) is 50.5 Å². The van der Waals surface area contributed by atoms with Crippen molar-refractivity contribution in [2.24, 2.45) is 0 Å². The number of hydrogen-bond donors (Lipinski definition) is 0. The molecule has 2 amide bonds. The third-order valence-electron chi connectivity index (χ3n) is 4.50. The quantitative estimate of drug-likeness (QED) is 0.808. The smallest absolute Gasteiger partial charge is 0.254 e. The largest absolute Gasteiger partial charge is 0.474 e. The first-order valence-corrected chi connectivity index (χ1v) is 9.21. The summed E-state index contributed by atoms with van der Waals surface area (Å²) >= 11 is 5.87. The highest BCUT2D eigenvalue weighted by Gasteiger charge is 2.25.